The van der Waals surface area contributed by atoms with Crippen LogP contribution in [0.25, 0.3) is 10.9 Å². The Labute approximate surface area is 87.1 Å². The molecular weight excluding hydrogens is 192 g/mol. The molecule has 0 bridgehead atoms. The molecule has 1 heterocycles. The second kappa shape index (κ2) is 3.31. The Bertz CT molecular complexity index is 514. The van der Waals surface area contributed by atoms with E-state index in [1.807, 2.05) is 37.2 Å². The van der Waals surface area contributed by atoms with E-state index < -0.39 is 5.97 Å². The molecule has 1 aromatic heterocycles. The lowest BCUT2D eigenvalue weighted by atomic mass is 10.1. The van der Waals surface area contributed by atoms with Crippen molar-refractivity contribution in [3.05, 3.63) is 30.0 Å². The Hall–Kier alpha value is -1.97. The summed E-state index contributed by atoms with van der Waals surface area (Å²) in [6, 6.07) is 5.66. The van der Waals surface area contributed by atoms with Crippen LogP contribution in [0.15, 0.2) is 24.4 Å². The zero-order valence-electron chi connectivity index (χ0n) is 8.61. The minimum Gasteiger partial charge on any atom is -0.478 e. The summed E-state index contributed by atoms with van der Waals surface area (Å²) in [5.74, 6) is -0.904. The zero-order chi connectivity index (χ0) is 11.0. The van der Waals surface area contributed by atoms with Gasteiger partial charge in [-0.15, -0.1) is 0 Å². The van der Waals surface area contributed by atoms with Crippen LogP contribution in [0, 0.1) is 0 Å². The highest BCUT2D eigenvalue weighted by Crippen LogP contribution is 2.23. The van der Waals surface area contributed by atoms with E-state index in [-0.39, 0.29) is 0 Å². The van der Waals surface area contributed by atoms with Crippen molar-refractivity contribution in [3.8, 4) is 0 Å². The van der Waals surface area contributed by atoms with E-state index in [4.69, 9.17) is 5.11 Å². The Morgan fingerprint density at radius 2 is 2.13 bits per heavy atom. The number of fused-ring (bicyclic) bond motifs is 1. The fourth-order valence-corrected chi connectivity index (χ4v) is 1.57. The van der Waals surface area contributed by atoms with Gasteiger partial charge >= 0.3 is 5.97 Å². The van der Waals surface area contributed by atoms with E-state index in [1.54, 1.807) is 0 Å². The molecule has 0 saturated carbocycles. The number of carboxylic acid groups (broad SMARTS) is 1. The fraction of sp³-hybridized carbons (Fsp3) is 0.182. The van der Waals surface area contributed by atoms with Gasteiger partial charge in [-0.1, -0.05) is 0 Å². The first-order valence-corrected chi connectivity index (χ1v) is 4.61. The van der Waals surface area contributed by atoms with Gasteiger partial charge in [0.1, 0.15) is 0 Å². The largest absolute Gasteiger partial charge is 0.478 e. The monoisotopic (exact) mass is 204 g/mol. The molecule has 0 aliphatic carbocycles. The number of anilines is 1. The number of carboxylic acids is 1. The standard InChI is InChI=1S/C11H12N2O2/c1-13(2)7-3-4-8-9(11(14)15)6-12-10(8)5-7/h3-6,12H,1-2H3,(H,14,15). The normalized spacial score (nSPS) is 10.5. The van der Waals surface area contributed by atoms with Crippen LogP contribution in [0.3, 0.4) is 0 Å². The van der Waals surface area contributed by atoms with Gasteiger partial charge in [-0.05, 0) is 18.2 Å². The number of nitrogens with zero attached hydrogens (tertiary/aromatic N) is 1. The molecule has 0 spiro atoms. The maximum atomic E-state index is 10.9. The summed E-state index contributed by atoms with van der Waals surface area (Å²) in [7, 11) is 3.89. The molecule has 0 unspecified atom stereocenters. The number of aromatic carboxylic acids is 1. The number of carbonyl (C=O) groups is 1. The summed E-state index contributed by atoms with van der Waals surface area (Å²) in [5, 5.41) is 9.66. The van der Waals surface area contributed by atoms with Crippen LogP contribution in [0.5, 0.6) is 0 Å². The molecule has 0 aliphatic heterocycles. The van der Waals surface area contributed by atoms with Crippen LogP contribution in [-0.2, 0) is 0 Å². The van der Waals surface area contributed by atoms with Gasteiger partial charge in [0.2, 0.25) is 0 Å². The third-order valence-corrected chi connectivity index (χ3v) is 2.41. The van der Waals surface area contributed by atoms with Gasteiger partial charge in [0.15, 0.2) is 0 Å². The van der Waals surface area contributed by atoms with Crippen LogP contribution < -0.4 is 4.90 Å². The Morgan fingerprint density at radius 3 is 2.73 bits per heavy atom. The summed E-state index contributed by atoms with van der Waals surface area (Å²) in [5.41, 5.74) is 2.20. The molecule has 0 radical (unpaired) electrons. The number of hydrogen-bond donors (Lipinski definition) is 2. The smallest absolute Gasteiger partial charge is 0.337 e. The van der Waals surface area contributed by atoms with Crippen LogP contribution >= 0.6 is 0 Å². The minimum atomic E-state index is -0.904. The lowest BCUT2D eigenvalue weighted by molar-refractivity contribution is 0.0699. The van der Waals surface area contributed by atoms with Crippen molar-refractivity contribution in [2.24, 2.45) is 0 Å². The van der Waals surface area contributed by atoms with Crippen LogP contribution in [0.1, 0.15) is 10.4 Å². The SMILES string of the molecule is CN(C)c1ccc2c(C(=O)O)c[nH]c2c1. The number of H-pyrrole nitrogens is 1. The van der Waals surface area contributed by atoms with E-state index in [9.17, 15) is 4.79 Å². The van der Waals surface area contributed by atoms with Crippen molar-refractivity contribution in [2.75, 3.05) is 19.0 Å². The maximum absolute atomic E-state index is 10.9. The van der Waals surface area contributed by atoms with E-state index >= 15 is 0 Å². The van der Waals surface area contributed by atoms with Crippen LogP contribution in [-0.4, -0.2) is 30.2 Å². The first kappa shape index (κ1) is 9.58. The maximum Gasteiger partial charge on any atom is 0.337 e. The first-order chi connectivity index (χ1) is 7.09. The van der Waals surface area contributed by atoms with Gasteiger partial charge in [0.25, 0.3) is 0 Å². The third kappa shape index (κ3) is 1.54. The summed E-state index contributed by atoms with van der Waals surface area (Å²) in [6.45, 7) is 0. The molecule has 2 N–H and O–H groups in total. The predicted octanol–water partition coefficient (Wildman–Crippen LogP) is 1.93. The van der Waals surface area contributed by atoms with Crippen molar-refractivity contribution in [1.29, 1.82) is 0 Å². The fourth-order valence-electron chi connectivity index (χ4n) is 1.57. The van der Waals surface area contributed by atoms with Gasteiger partial charge < -0.3 is 15.0 Å². The molecule has 2 aromatic rings. The number of aromatic nitrogens is 1. The molecule has 2 rings (SSSR count). The molecule has 0 amide bonds. The predicted molar refractivity (Wildman–Crippen MR) is 59.6 cm³/mol. The van der Waals surface area contributed by atoms with Gasteiger partial charge in [0.05, 0.1) is 5.56 Å². The molecule has 1 aromatic carbocycles. The minimum absolute atomic E-state index is 0.315. The van der Waals surface area contributed by atoms with Crippen molar-refractivity contribution in [1.82, 2.24) is 4.98 Å². The number of rotatable bonds is 2. The summed E-state index contributed by atoms with van der Waals surface area (Å²) in [6.07, 6.45) is 1.52. The van der Waals surface area contributed by atoms with Crippen LogP contribution in [0.2, 0.25) is 0 Å². The van der Waals surface area contributed by atoms with Crippen LogP contribution in [0.4, 0.5) is 5.69 Å². The third-order valence-electron chi connectivity index (χ3n) is 2.41. The second-order valence-electron chi connectivity index (χ2n) is 3.63. The van der Waals surface area contributed by atoms with Gasteiger partial charge in [-0.2, -0.15) is 0 Å². The topological polar surface area (TPSA) is 56.3 Å². The number of hydrogen-bond acceptors (Lipinski definition) is 2. The molecule has 4 heteroatoms. The quantitative estimate of drug-likeness (QED) is 0.785. The number of nitrogens with one attached hydrogen (secondary N) is 1. The Balaban J connectivity index is 2.61. The lowest BCUT2D eigenvalue weighted by Gasteiger charge is -2.11. The Morgan fingerprint density at radius 1 is 1.40 bits per heavy atom. The Kier molecular flexibility index (Phi) is 2.11. The molecule has 78 valence electrons. The van der Waals surface area contributed by atoms with Crippen molar-refractivity contribution >= 4 is 22.6 Å². The molecule has 0 fully saturated rings. The van der Waals surface area contributed by atoms with Crippen molar-refractivity contribution in [2.45, 2.75) is 0 Å². The molecule has 15 heavy (non-hydrogen) atoms. The summed E-state index contributed by atoms with van der Waals surface area (Å²) in [4.78, 5) is 15.8. The van der Waals surface area contributed by atoms with Crippen molar-refractivity contribution < 1.29 is 9.90 Å². The highest BCUT2D eigenvalue weighted by molar-refractivity contribution is 6.03. The molecule has 0 aliphatic rings. The zero-order valence-corrected chi connectivity index (χ0v) is 8.61. The average molecular weight is 204 g/mol. The van der Waals surface area contributed by atoms with Gasteiger partial charge in [-0.3, -0.25) is 0 Å². The number of benzene rings is 1. The molecule has 0 saturated heterocycles. The van der Waals surface area contributed by atoms with E-state index in [0.717, 1.165) is 16.6 Å². The summed E-state index contributed by atoms with van der Waals surface area (Å²) >= 11 is 0. The van der Waals surface area contributed by atoms with E-state index in [2.05, 4.69) is 4.98 Å². The van der Waals surface area contributed by atoms with E-state index in [0.29, 0.717) is 5.56 Å². The van der Waals surface area contributed by atoms with Crippen molar-refractivity contribution in [3.63, 3.8) is 0 Å². The average Bonchev–Trinajstić information content (AvgIpc) is 2.59. The highest BCUT2D eigenvalue weighted by atomic mass is 16.4. The van der Waals surface area contributed by atoms with Gasteiger partial charge in [-0.25, -0.2) is 4.79 Å². The van der Waals surface area contributed by atoms with Gasteiger partial charge in [0, 0.05) is 36.9 Å². The lowest BCUT2D eigenvalue weighted by Crippen LogP contribution is -2.08. The summed E-state index contributed by atoms with van der Waals surface area (Å²) < 4.78 is 0. The first-order valence-electron chi connectivity index (χ1n) is 4.61. The molecule has 0 atom stereocenters. The second-order valence-corrected chi connectivity index (χ2v) is 3.63. The molecule has 4 nitrogen and oxygen atoms in total. The highest BCUT2D eigenvalue weighted by Gasteiger charge is 2.10. The number of aromatic amines is 1. The molecular formula is C11H12N2O2. The van der Waals surface area contributed by atoms with E-state index in [1.165, 1.54) is 6.20 Å².